The number of likely N-dealkylation sites (tertiary alicyclic amines) is 1. The summed E-state index contributed by atoms with van der Waals surface area (Å²) >= 11 is 0. The van der Waals surface area contributed by atoms with Gasteiger partial charge in [-0.25, -0.2) is 4.39 Å². The van der Waals surface area contributed by atoms with E-state index in [-0.39, 0.29) is 22.2 Å². The molecule has 186 valence electrons. The smallest absolute Gasteiger partial charge is 0.256 e. The third-order valence-electron chi connectivity index (χ3n) is 7.23. The molecule has 0 saturated carbocycles. The van der Waals surface area contributed by atoms with Crippen molar-refractivity contribution in [3.8, 4) is 17.2 Å². The standard InChI is InChI=1S/C28H21F2N3O4/c29-19-11-17-25-27(24(19)30)37-23-12-16-15-5-1-2-6-21(15)36-22(16)13-20(23)33(25)14-18(26(17)34)28(35)31-7-10-32-8-3-4-9-32/h1-2,5-6,11-14H,3-4,7-10H2,(H,31,35). The van der Waals surface area contributed by atoms with Crippen LogP contribution in [0.4, 0.5) is 8.78 Å². The number of carbonyl (C=O) groups excluding carboxylic acids is 1. The van der Waals surface area contributed by atoms with Crippen molar-refractivity contribution in [3.63, 3.8) is 0 Å². The molecule has 0 atom stereocenters. The number of carbonyl (C=O) groups is 1. The second-order valence-electron chi connectivity index (χ2n) is 9.46. The van der Waals surface area contributed by atoms with Crippen LogP contribution in [-0.2, 0) is 0 Å². The highest BCUT2D eigenvalue weighted by Crippen LogP contribution is 2.45. The molecule has 4 heterocycles. The van der Waals surface area contributed by atoms with Gasteiger partial charge in [0, 0.05) is 36.1 Å². The summed E-state index contributed by atoms with van der Waals surface area (Å²) < 4.78 is 42.9. The largest absolute Gasteiger partial charge is 0.456 e. The molecule has 0 spiro atoms. The zero-order chi connectivity index (χ0) is 25.3. The van der Waals surface area contributed by atoms with Gasteiger partial charge >= 0.3 is 0 Å². The number of para-hydroxylation sites is 1. The van der Waals surface area contributed by atoms with Gasteiger partial charge in [0.25, 0.3) is 5.91 Å². The fraction of sp³-hybridized carbons (Fsp3) is 0.214. The number of ether oxygens (including phenoxy) is 1. The minimum Gasteiger partial charge on any atom is -0.456 e. The predicted molar refractivity (Wildman–Crippen MR) is 135 cm³/mol. The van der Waals surface area contributed by atoms with Gasteiger partial charge in [0.05, 0.1) is 11.1 Å². The van der Waals surface area contributed by atoms with Gasteiger partial charge in [0.2, 0.25) is 11.2 Å². The monoisotopic (exact) mass is 501 g/mol. The lowest BCUT2D eigenvalue weighted by Crippen LogP contribution is -2.36. The zero-order valence-electron chi connectivity index (χ0n) is 19.6. The minimum atomic E-state index is -1.23. The average molecular weight is 501 g/mol. The number of aromatic nitrogens is 1. The Hall–Kier alpha value is -4.24. The maximum absolute atomic E-state index is 14.9. The van der Waals surface area contributed by atoms with E-state index in [0.29, 0.717) is 29.9 Å². The first-order valence-corrected chi connectivity index (χ1v) is 12.2. The van der Waals surface area contributed by atoms with Gasteiger partial charge in [-0.15, -0.1) is 0 Å². The van der Waals surface area contributed by atoms with Crippen LogP contribution in [0.1, 0.15) is 23.2 Å². The maximum Gasteiger partial charge on any atom is 0.256 e. The predicted octanol–water partition coefficient (Wildman–Crippen LogP) is 5.10. The zero-order valence-corrected chi connectivity index (χ0v) is 19.6. The van der Waals surface area contributed by atoms with E-state index in [1.807, 2.05) is 24.3 Å². The molecule has 2 aromatic heterocycles. The van der Waals surface area contributed by atoms with Gasteiger partial charge in [-0.3, -0.25) is 9.59 Å². The molecular weight excluding hydrogens is 480 g/mol. The number of nitrogens with zero attached hydrogens (tertiary/aromatic N) is 2. The topological polar surface area (TPSA) is 76.7 Å². The molecule has 5 aromatic rings. The Morgan fingerprint density at radius 3 is 2.65 bits per heavy atom. The molecule has 0 unspecified atom stereocenters. The highest BCUT2D eigenvalue weighted by Gasteiger charge is 2.29. The van der Waals surface area contributed by atoms with E-state index < -0.39 is 28.7 Å². The van der Waals surface area contributed by atoms with Crippen molar-refractivity contribution in [2.45, 2.75) is 12.8 Å². The van der Waals surface area contributed by atoms with Crippen LogP contribution < -0.4 is 15.5 Å². The SMILES string of the molecule is O=C(NCCN1CCCC1)c1cn2c3c(c(F)c(F)cc3c1=O)Oc1cc3c(cc1-2)oc1ccccc13. The van der Waals surface area contributed by atoms with Gasteiger partial charge in [0.1, 0.15) is 22.2 Å². The van der Waals surface area contributed by atoms with Gasteiger partial charge in [0.15, 0.2) is 17.3 Å². The summed E-state index contributed by atoms with van der Waals surface area (Å²) in [7, 11) is 0. The van der Waals surface area contributed by atoms with Crippen molar-refractivity contribution in [1.29, 1.82) is 0 Å². The molecular formula is C28H21F2N3O4. The Balaban J connectivity index is 1.40. The number of halogens is 2. The van der Waals surface area contributed by atoms with Crippen LogP contribution in [0.3, 0.4) is 0 Å². The van der Waals surface area contributed by atoms with Crippen molar-refractivity contribution in [2.75, 3.05) is 26.2 Å². The maximum atomic E-state index is 14.9. The molecule has 2 aliphatic rings. The number of fused-ring (bicyclic) bond motifs is 5. The van der Waals surface area contributed by atoms with E-state index in [0.717, 1.165) is 42.8 Å². The van der Waals surface area contributed by atoms with E-state index in [2.05, 4.69) is 10.2 Å². The van der Waals surface area contributed by atoms with Gasteiger partial charge in [-0.2, -0.15) is 4.39 Å². The molecule has 2 aliphatic heterocycles. The highest BCUT2D eigenvalue weighted by molar-refractivity contribution is 6.07. The molecule has 37 heavy (non-hydrogen) atoms. The summed E-state index contributed by atoms with van der Waals surface area (Å²) in [6, 6.07) is 11.7. The van der Waals surface area contributed by atoms with Crippen LogP contribution in [0, 0.1) is 11.6 Å². The van der Waals surface area contributed by atoms with Crippen molar-refractivity contribution in [2.24, 2.45) is 0 Å². The van der Waals surface area contributed by atoms with Crippen LogP contribution in [0.25, 0.3) is 38.5 Å². The summed E-state index contributed by atoms with van der Waals surface area (Å²) in [6.07, 6.45) is 3.63. The molecule has 3 aromatic carbocycles. The molecule has 1 amide bonds. The van der Waals surface area contributed by atoms with Gasteiger partial charge in [-0.1, -0.05) is 18.2 Å². The van der Waals surface area contributed by atoms with Crippen molar-refractivity contribution < 1.29 is 22.7 Å². The molecule has 1 N–H and O–H groups in total. The Labute approximate surface area is 208 Å². The number of nitrogens with one attached hydrogen (secondary N) is 1. The van der Waals surface area contributed by atoms with E-state index in [4.69, 9.17) is 9.15 Å². The van der Waals surface area contributed by atoms with Crippen molar-refractivity contribution in [3.05, 3.63) is 76.1 Å². The Kier molecular flexibility index (Phi) is 4.84. The first-order valence-electron chi connectivity index (χ1n) is 12.2. The lowest BCUT2D eigenvalue weighted by Gasteiger charge is -2.24. The van der Waals surface area contributed by atoms with Crippen LogP contribution >= 0.6 is 0 Å². The third-order valence-corrected chi connectivity index (χ3v) is 7.23. The van der Waals surface area contributed by atoms with Crippen LogP contribution in [0.15, 0.2) is 57.9 Å². The summed E-state index contributed by atoms with van der Waals surface area (Å²) in [6.45, 7) is 3.02. The first-order chi connectivity index (χ1) is 18.0. The Bertz CT molecular complexity index is 1820. The molecule has 1 saturated heterocycles. The molecule has 7 nitrogen and oxygen atoms in total. The van der Waals surface area contributed by atoms with Crippen LogP contribution in [0.5, 0.6) is 11.5 Å². The Morgan fingerprint density at radius 2 is 1.81 bits per heavy atom. The number of pyridine rings is 1. The Morgan fingerprint density at radius 1 is 1.00 bits per heavy atom. The summed E-state index contributed by atoms with van der Waals surface area (Å²) in [4.78, 5) is 28.6. The second kappa shape index (κ2) is 8.14. The first kappa shape index (κ1) is 22.0. The summed E-state index contributed by atoms with van der Waals surface area (Å²) in [5, 5.41) is 4.25. The number of hydrogen-bond acceptors (Lipinski definition) is 5. The number of amides is 1. The lowest BCUT2D eigenvalue weighted by molar-refractivity contribution is 0.0948. The molecule has 0 radical (unpaired) electrons. The minimum absolute atomic E-state index is 0.0560. The number of benzene rings is 3. The third kappa shape index (κ3) is 3.34. The summed E-state index contributed by atoms with van der Waals surface area (Å²) in [5.41, 5.74) is 0.864. The van der Waals surface area contributed by atoms with Crippen molar-refractivity contribution >= 4 is 38.7 Å². The number of hydrogen-bond donors (Lipinski definition) is 1. The average Bonchev–Trinajstić information content (AvgIpc) is 3.54. The fourth-order valence-corrected chi connectivity index (χ4v) is 5.40. The molecule has 0 aliphatic carbocycles. The molecule has 7 rings (SSSR count). The normalized spacial score (nSPS) is 14.9. The highest BCUT2D eigenvalue weighted by atomic mass is 19.2. The van der Waals surface area contributed by atoms with Crippen molar-refractivity contribution in [1.82, 2.24) is 14.8 Å². The fourth-order valence-electron chi connectivity index (χ4n) is 5.40. The van der Waals surface area contributed by atoms with E-state index in [1.54, 1.807) is 12.1 Å². The number of furan rings is 1. The van der Waals surface area contributed by atoms with E-state index >= 15 is 0 Å². The lowest BCUT2D eigenvalue weighted by atomic mass is 10.1. The van der Waals surface area contributed by atoms with Gasteiger partial charge in [-0.05, 0) is 44.1 Å². The summed E-state index contributed by atoms with van der Waals surface area (Å²) in [5.74, 6) is -3.14. The second-order valence-corrected chi connectivity index (χ2v) is 9.46. The van der Waals surface area contributed by atoms with Crippen LogP contribution in [0.2, 0.25) is 0 Å². The van der Waals surface area contributed by atoms with E-state index in [9.17, 15) is 18.4 Å². The van der Waals surface area contributed by atoms with Crippen LogP contribution in [-0.4, -0.2) is 41.6 Å². The van der Waals surface area contributed by atoms with E-state index in [1.165, 1.54) is 10.8 Å². The quantitative estimate of drug-likeness (QED) is 0.364. The molecule has 0 bridgehead atoms. The number of rotatable bonds is 4. The molecule has 9 heteroatoms. The van der Waals surface area contributed by atoms with Gasteiger partial charge < -0.3 is 23.9 Å². The molecule has 1 fully saturated rings.